The standard InChI is InChI=1S/C17H22Br2FNO2/c1-16(2)15(22)10-8-11(18)14(20)13(19)12(10)17(16,23)9-4-6-21(3)7-5-9/h8-9,15,22-23H,4-7H2,1-3H3. The molecule has 0 amide bonds. The highest BCUT2D eigenvalue weighted by Crippen LogP contribution is 2.63. The monoisotopic (exact) mass is 449 g/mol. The first-order chi connectivity index (χ1) is 10.6. The molecule has 1 aromatic rings. The summed E-state index contributed by atoms with van der Waals surface area (Å²) in [6, 6.07) is 1.61. The first-order valence-electron chi connectivity index (χ1n) is 7.89. The number of piperidine rings is 1. The van der Waals surface area contributed by atoms with Crippen molar-refractivity contribution in [1.82, 2.24) is 4.90 Å². The van der Waals surface area contributed by atoms with Crippen LogP contribution in [0.25, 0.3) is 0 Å². The third-order valence-electron chi connectivity index (χ3n) is 5.84. The van der Waals surface area contributed by atoms with Gasteiger partial charge in [0.2, 0.25) is 0 Å². The van der Waals surface area contributed by atoms with Crippen molar-refractivity contribution in [3.05, 3.63) is 32.0 Å². The van der Waals surface area contributed by atoms with E-state index in [0.717, 1.165) is 25.9 Å². The van der Waals surface area contributed by atoms with Gasteiger partial charge in [-0.3, -0.25) is 0 Å². The van der Waals surface area contributed by atoms with Crippen molar-refractivity contribution in [1.29, 1.82) is 0 Å². The fraction of sp³-hybridized carbons (Fsp3) is 0.647. The fourth-order valence-electron chi connectivity index (χ4n) is 4.29. The maximum Gasteiger partial charge on any atom is 0.151 e. The Bertz CT molecular complexity index is 644. The summed E-state index contributed by atoms with van der Waals surface area (Å²) in [5.74, 6) is -0.443. The summed E-state index contributed by atoms with van der Waals surface area (Å²) < 4.78 is 15.0. The van der Waals surface area contributed by atoms with Crippen LogP contribution in [-0.2, 0) is 5.60 Å². The molecule has 2 unspecified atom stereocenters. The van der Waals surface area contributed by atoms with E-state index in [4.69, 9.17) is 0 Å². The number of benzene rings is 1. The second-order valence-corrected chi connectivity index (χ2v) is 9.07. The zero-order valence-electron chi connectivity index (χ0n) is 13.5. The van der Waals surface area contributed by atoms with Gasteiger partial charge in [-0.2, -0.15) is 0 Å². The number of fused-ring (bicyclic) bond motifs is 1. The molecule has 6 heteroatoms. The second-order valence-electron chi connectivity index (χ2n) is 7.42. The summed E-state index contributed by atoms with van der Waals surface area (Å²) in [4.78, 5) is 2.23. The zero-order chi connectivity index (χ0) is 17.2. The van der Waals surface area contributed by atoms with Crippen LogP contribution in [0.2, 0.25) is 0 Å². The predicted octanol–water partition coefficient (Wildman–Crippen LogP) is 3.95. The lowest BCUT2D eigenvalue weighted by molar-refractivity contribution is -0.158. The van der Waals surface area contributed by atoms with Crippen molar-refractivity contribution in [2.45, 2.75) is 38.4 Å². The first kappa shape index (κ1) is 17.8. The Hall–Kier alpha value is -0.0100. The smallest absolute Gasteiger partial charge is 0.151 e. The van der Waals surface area contributed by atoms with E-state index >= 15 is 0 Å². The number of halogens is 3. The van der Waals surface area contributed by atoms with Crippen molar-refractivity contribution < 1.29 is 14.6 Å². The lowest BCUT2D eigenvalue weighted by Crippen LogP contribution is -2.50. The third kappa shape index (κ3) is 2.36. The number of hydrogen-bond acceptors (Lipinski definition) is 3. The largest absolute Gasteiger partial charge is 0.388 e. The van der Waals surface area contributed by atoms with Crippen molar-refractivity contribution in [3.63, 3.8) is 0 Å². The van der Waals surface area contributed by atoms with Gasteiger partial charge in [0.05, 0.1) is 15.0 Å². The highest BCUT2D eigenvalue weighted by molar-refractivity contribution is 9.11. The highest BCUT2D eigenvalue weighted by Gasteiger charge is 2.61. The van der Waals surface area contributed by atoms with Crippen molar-refractivity contribution in [2.75, 3.05) is 20.1 Å². The summed E-state index contributed by atoms with van der Waals surface area (Å²) in [7, 11) is 2.07. The van der Waals surface area contributed by atoms with E-state index in [2.05, 4.69) is 43.8 Å². The number of aliphatic hydroxyl groups excluding tert-OH is 1. The number of nitrogens with zero attached hydrogens (tertiary/aromatic N) is 1. The van der Waals surface area contributed by atoms with E-state index in [1.165, 1.54) is 0 Å². The van der Waals surface area contributed by atoms with Crippen LogP contribution in [-0.4, -0.2) is 35.3 Å². The predicted molar refractivity (Wildman–Crippen MR) is 94.7 cm³/mol. The Morgan fingerprint density at radius 2 is 1.83 bits per heavy atom. The maximum atomic E-state index is 14.4. The van der Waals surface area contributed by atoms with Crippen LogP contribution < -0.4 is 0 Å². The van der Waals surface area contributed by atoms with E-state index in [0.29, 0.717) is 15.6 Å². The molecule has 1 heterocycles. The number of likely N-dealkylation sites (tertiary alicyclic amines) is 1. The van der Waals surface area contributed by atoms with Gasteiger partial charge < -0.3 is 15.1 Å². The van der Waals surface area contributed by atoms with Crippen LogP contribution in [0.5, 0.6) is 0 Å². The number of aliphatic hydroxyl groups is 2. The van der Waals surface area contributed by atoms with Crippen LogP contribution in [0.1, 0.15) is 43.9 Å². The Morgan fingerprint density at radius 3 is 2.39 bits per heavy atom. The van der Waals surface area contributed by atoms with Gasteiger partial charge in [0, 0.05) is 11.0 Å². The lowest BCUT2D eigenvalue weighted by atomic mass is 9.64. The quantitative estimate of drug-likeness (QED) is 0.636. The summed E-state index contributed by atoms with van der Waals surface area (Å²) in [5.41, 5.74) is -0.920. The summed E-state index contributed by atoms with van der Waals surface area (Å²) in [6.45, 7) is 5.53. The van der Waals surface area contributed by atoms with E-state index in [-0.39, 0.29) is 10.4 Å². The van der Waals surface area contributed by atoms with Crippen molar-refractivity contribution in [2.24, 2.45) is 11.3 Å². The summed E-state index contributed by atoms with van der Waals surface area (Å²) >= 11 is 6.53. The molecule has 1 fully saturated rings. The van der Waals surface area contributed by atoms with Gasteiger partial charge >= 0.3 is 0 Å². The molecule has 0 saturated carbocycles. The van der Waals surface area contributed by atoms with E-state index in [1.54, 1.807) is 6.07 Å². The molecule has 2 aliphatic rings. The van der Waals surface area contributed by atoms with Gasteiger partial charge in [-0.05, 0) is 82.4 Å². The number of rotatable bonds is 1. The average Bonchev–Trinajstić information content (AvgIpc) is 2.65. The second kappa shape index (κ2) is 5.77. The summed E-state index contributed by atoms with van der Waals surface area (Å²) in [6.07, 6.45) is 0.815. The minimum absolute atomic E-state index is 0.0125. The molecule has 128 valence electrons. The molecule has 3 nitrogen and oxygen atoms in total. The topological polar surface area (TPSA) is 43.7 Å². The first-order valence-corrected chi connectivity index (χ1v) is 9.47. The summed E-state index contributed by atoms with van der Waals surface area (Å²) in [5, 5.41) is 22.6. The highest BCUT2D eigenvalue weighted by atomic mass is 79.9. The third-order valence-corrected chi connectivity index (χ3v) is 7.17. The molecule has 23 heavy (non-hydrogen) atoms. The van der Waals surface area contributed by atoms with Gasteiger partial charge in [-0.25, -0.2) is 4.39 Å². The van der Waals surface area contributed by atoms with Crippen LogP contribution >= 0.6 is 31.9 Å². The lowest BCUT2D eigenvalue weighted by Gasteiger charge is -2.47. The average molecular weight is 451 g/mol. The van der Waals surface area contributed by atoms with Gasteiger partial charge in [-0.1, -0.05) is 13.8 Å². The molecule has 2 atom stereocenters. The minimum Gasteiger partial charge on any atom is -0.388 e. The van der Waals surface area contributed by atoms with Crippen LogP contribution in [0.3, 0.4) is 0 Å². The Morgan fingerprint density at radius 1 is 1.26 bits per heavy atom. The molecule has 0 spiro atoms. The normalized spacial score (nSPS) is 31.4. The molecule has 1 saturated heterocycles. The molecular formula is C17H22Br2FNO2. The van der Waals surface area contributed by atoms with Crippen LogP contribution in [0.4, 0.5) is 4.39 Å². The Kier molecular flexibility index (Phi) is 4.46. The molecule has 0 aromatic heterocycles. The molecule has 1 aromatic carbocycles. The van der Waals surface area contributed by atoms with E-state index in [9.17, 15) is 14.6 Å². The van der Waals surface area contributed by atoms with Crippen LogP contribution in [0.15, 0.2) is 15.0 Å². The molecule has 0 bridgehead atoms. The molecular weight excluding hydrogens is 429 g/mol. The zero-order valence-corrected chi connectivity index (χ0v) is 16.7. The maximum absolute atomic E-state index is 14.4. The van der Waals surface area contributed by atoms with E-state index < -0.39 is 22.9 Å². The molecule has 1 aliphatic carbocycles. The van der Waals surface area contributed by atoms with Gasteiger partial charge in [0.1, 0.15) is 5.60 Å². The SMILES string of the molecule is CN1CCC(C2(O)c3c(cc(Br)c(F)c3Br)C(O)C2(C)C)CC1. The van der Waals surface area contributed by atoms with Crippen molar-refractivity contribution in [3.8, 4) is 0 Å². The van der Waals surface area contributed by atoms with Crippen LogP contribution in [0, 0.1) is 17.2 Å². The molecule has 2 N–H and O–H groups in total. The molecule has 1 aliphatic heterocycles. The van der Waals surface area contributed by atoms with E-state index in [1.807, 2.05) is 13.8 Å². The molecule has 3 rings (SSSR count). The van der Waals surface area contributed by atoms with Gasteiger partial charge in [-0.15, -0.1) is 0 Å². The fourth-order valence-corrected chi connectivity index (χ4v) is 5.75. The number of hydrogen-bond donors (Lipinski definition) is 2. The van der Waals surface area contributed by atoms with Gasteiger partial charge in [0.15, 0.2) is 5.82 Å². The Balaban J connectivity index is 2.20. The van der Waals surface area contributed by atoms with Gasteiger partial charge in [0.25, 0.3) is 0 Å². The minimum atomic E-state index is -1.26. The Labute approximate surface area is 153 Å². The van der Waals surface area contributed by atoms with Crippen molar-refractivity contribution >= 4 is 31.9 Å². The molecule has 0 radical (unpaired) electrons.